The first-order valence-corrected chi connectivity index (χ1v) is 6.92. The molecule has 3 aromatic carbocycles. The van der Waals surface area contributed by atoms with Gasteiger partial charge in [-0.3, -0.25) is 0 Å². The Morgan fingerprint density at radius 1 is 0.900 bits per heavy atom. The van der Waals surface area contributed by atoms with Crippen LogP contribution in [0.1, 0.15) is 30.9 Å². The van der Waals surface area contributed by atoms with Gasteiger partial charge in [-0.2, -0.15) is 6.07 Å². The van der Waals surface area contributed by atoms with Gasteiger partial charge in [-0.25, -0.2) is 0 Å². The summed E-state index contributed by atoms with van der Waals surface area (Å²) in [5.41, 5.74) is 5.45. The van der Waals surface area contributed by atoms with E-state index in [1.165, 1.54) is 33.0 Å². The fourth-order valence-corrected chi connectivity index (χ4v) is 2.70. The first-order valence-electron chi connectivity index (χ1n) is 6.92. The maximum atomic E-state index is 2.35. The maximum Gasteiger partial charge on any atom is 1.00 e. The largest absolute Gasteiger partial charge is 1.00 e. The molecular formula is C19H19Li. The quantitative estimate of drug-likeness (QED) is 0.487. The Morgan fingerprint density at radius 2 is 1.60 bits per heavy atom. The number of benzene rings is 2. The van der Waals surface area contributed by atoms with Gasteiger partial charge in [0.05, 0.1) is 0 Å². The predicted octanol–water partition coefficient (Wildman–Crippen LogP) is 2.66. The van der Waals surface area contributed by atoms with Crippen LogP contribution >= 0.6 is 0 Å². The van der Waals surface area contributed by atoms with Crippen LogP contribution in [0.25, 0.3) is 21.9 Å². The van der Waals surface area contributed by atoms with E-state index in [2.05, 4.69) is 75.4 Å². The molecule has 0 spiro atoms. The first-order chi connectivity index (χ1) is 9.16. The standard InChI is InChI=1S/C19H19.Li/c1-13(2)16-11-15-8-6-10-18(19(15)12-16)17-9-5-4-7-14(17)3;/h4-13H,1-3H3;/q-1;+1. The molecule has 0 atom stereocenters. The molecule has 3 rings (SSSR count). The molecule has 0 aliphatic heterocycles. The second-order valence-electron chi connectivity index (χ2n) is 5.57. The van der Waals surface area contributed by atoms with E-state index in [9.17, 15) is 0 Å². The molecule has 0 amide bonds. The summed E-state index contributed by atoms with van der Waals surface area (Å²) in [6, 6.07) is 19.9. The number of rotatable bonds is 2. The van der Waals surface area contributed by atoms with Crippen LogP contribution in [-0.2, 0) is 0 Å². The fraction of sp³-hybridized carbons (Fsp3) is 0.211. The first kappa shape index (κ1) is 15.0. The van der Waals surface area contributed by atoms with Gasteiger partial charge < -0.3 is 0 Å². The Kier molecular flexibility index (Phi) is 4.48. The molecule has 0 fully saturated rings. The molecule has 96 valence electrons. The molecule has 0 N–H and O–H groups in total. The van der Waals surface area contributed by atoms with Crippen LogP contribution in [0.4, 0.5) is 0 Å². The smallest absolute Gasteiger partial charge is 0.164 e. The topological polar surface area (TPSA) is 0 Å². The molecule has 0 saturated heterocycles. The van der Waals surface area contributed by atoms with Crippen molar-refractivity contribution >= 4 is 10.8 Å². The van der Waals surface area contributed by atoms with E-state index < -0.39 is 0 Å². The van der Waals surface area contributed by atoms with Gasteiger partial charge in [-0.1, -0.05) is 49.7 Å². The van der Waals surface area contributed by atoms with E-state index in [0.717, 1.165) is 0 Å². The van der Waals surface area contributed by atoms with Crippen LogP contribution in [0.15, 0.2) is 54.6 Å². The maximum absolute atomic E-state index is 2.35. The Morgan fingerprint density at radius 3 is 2.30 bits per heavy atom. The minimum Gasteiger partial charge on any atom is -0.164 e. The summed E-state index contributed by atoms with van der Waals surface area (Å²) in [7, 11) is 0. The van der Waals surface area contributed by atoms with Gasteiger partial charge >= 0.3 is 18.9 Å². The average molecular weight is 254 g/mol. The second-order valence-corrected chi connectivity index (χ2v) is 5.57. The van der Waals surface area contributed by atoms with E-state index in [4.69, 9.17) is 0 Å². The van der Waals surface area contributed by atoms with E-state index in [0.29, 0.717) is 5.92 Å². The zero-order chi connectivity index (χ0) is 13.4. The summed E-state index contributed by atoms with van der Waals surface area (Å²) in [6.45, 7) is 6.68. The summed E-state index contributed by atoms with van der Waals surface area (Å²) < 4.78 is 0. The van der Waals surface area contributed by atoms with Crippen molar-refractivity contribution in [1.82, 2.24) is 0 Å². The van der Waals surface area contributed by atoms with Crippen molar-refractivity contribution in [2.45, 2.75) is 26.7 Å². The molecule has 0 aliphatic rings. The SMILES string of the molecule is Cc1ccccc1-c1cccc2[cH-]c(C(C)C)cc12.[Li+]. The minimum absolute atomic E-state index is 0. The zero-order valence-electron chi connectivity index (χ0n) is 12.8. The molecule has 0 unspecified atom stereocenters. The number of aryl methyl sites for hydroxylation is 1. The van der Waals surface area contributed by atoms with Gasteiger partial charge in [0, 0.05) is 0 Å². The molecular weight excluding hydrogens is 235 g/mol. The fourth-order valence-electron chi connectivity index (χ4n) is 2.70. The van der Waals surface area contributed by atoms with Crippen molar-refractivity contribution in [3.63, 3.8) is 0 Å². The summed E-state index contributed by atoms with van der Waals surface area (Å²) in [4.78, 5) is 0. The van der Waals surface area contributed by atoms with Crippen molar-refractivity contribution in [3.8, 4) is 11.1 Å². The van der Waals surface area contributed by atoms with Crippen LogP contribution in [0.3, 0.4) is 0 Å². The summed E-state index contributed by atoms with van der Waals surface area (Å²) >= 11 is 0. The van der Waals surface area contributed by atoms with Gasteiger partial charge in [0.25, 0.3) is 0 Å². The van der Waals surface area contributed by atoms with Crippen LogP contribution in [0, 0.1) is 6.92 Å². The minimum atomic E-state index is 0. The molecule has 0 radical (unpaired) electrons. The molecule has 0 saturated carbocycles. The third-order valence-corrected chi connectivity index (χ3v) is 3.87. The van der Waals surface area contributed by atoms with Crippen molar-refractivity contribution < 1.29 is 18.9 Å². The van der Waals surface area contributed by atoms with Crippen molar-refractivity contribution in [2.24, 2.45) is 0 Å². The summed E-state index contributed by atoms with van der Waals surface area (Å²) in [5, 5.41) is 2.73. The Labute approximate surface area is 133 Å². The molecule has 3 aromatic rings. The van der Waals surface area contributed by atoms with E-state index >= 15 is 0 Å². The van der Waals surface area contributed by atoms with Crippen molar-refractivity contribution in [3.05, 3.63) is 65.7 Å². The normalized spacial score (nSPS) is 10.8. The van der Waals surface area contributed by atoms with Crippen LogP contribution in [0.2, 0.25) is 0 Å². The average Bonchev–Trinajstić information content (AvgIpc) is 2.83. The van der Waals surface area contributed by atoms with Gasteiger partial charge in [0.2, 0.25) is 0 Å². The summed E-state index contributed by atoms with van der Waals surface area (Å²) in [6.07, 6.45) is 0. The van der Waals surface area contributed by atoms with Crippen LogP contribution in [0.5, 0.6) is 0 Å². The van der Waals surface area contributed by atoms with Gasteiger partial charge in [-0.15, -0.1) is 34.5 Å². The molecule has 0 bridgehead atoms. The monoisotopic (exact) mass is 254 g/mol. The molecule has 0 aliphatic carbocycles. The van der Waals surface area contributed by atoms with Crippen molar-refractivity contribution in [2.75, 3.05) is 0 Å². The molecule has 0 heterocycles. The number of hydrogen-bond acceptors (Lipinski definition) is 0. The molecule has 20 heavy (non-hydrogen) atoms. The molecule has 1 heteroatoms. The van der Waals surface area contributed by atoms with Crippen LogP contribution < -0.4 is 18.9 Å². The Hall–Kier alpha value is -1.35. The van der Waals surface area contributed by atoms with Gasteiger partial charge in [0.15, 0.2) is 0 Å². The number of fused-ring (bicyclic) bond motifs is 1. The molecule has 0 nitrogen and oxygen atoms in total. The third-order valence-electron chi connectivity index (χ3n) is 3.87. The zero-order valence-corrected chi connectivity index (χ0v) is 12.8. The third kappa shape index (κ3) is 2.59. The van der Waals surface area contributed by atoms with Crippen LogP contribution in [-0.4, -0.2) is 0 Å². The Balaban J connectivity index is 0.00000147. The van der Waals surface area contributed by atoms with Gasteiger partial charge in [-0.05, 0) is 24.0 Å². The van der Waals surface area contributed by atoms with E-state index in [1.807, 2.05) is 0 Å². The van der Waals surface area contributed by atoms with E-state index in [-0.39, 0.29) is 18.9 Å². The van der Waals surface area contributed by atoms with E-state index in [1.54, 1.807) is 0 Å². The Bertz CT molecular complexity index is 719. The molecule has 0 aromatic heterocycles. The van der Waals surface area contributed by atoms with Crippen molar-refractivity contribution in [1.29, 1.82) is 0 Å². The second kappa shape index (κ2) is 5.96. The number of hydrogen-bond donors (Lipinski definition) is 0. The predicted molar refractivity (Wildman–Crippen MR) is 83.8 cm³/mol. The summed E-state index contributed by atoms with van der Waals surface area (Å²) in [5.74, 6) is 0.581. The van der Waals surface area contributed by atoms with Gasteiger partial charge in [0.1, 0.15) is 0 Å².